The molecule has 0 aliphatic heterocycles. The van der Waals surface area contributed by atoms with E-state index in [4.69, 9.17) is 9.97 Å². The van der Waals surface area contributed by atoms with Gasteiger partial charge in [-0.1, -0.05) is 141 Å². The van der Waals surface area contributed by atoms with Crippen LogP contribution in [0.25, 0.3) is 110 Å². The number of benzene rings is 8. The number of rotatable bonds is 2. The van der Waals surface area contributed by atoms with Crippen molar-refractivity contribution in [2.45, 2.75) is 19.3 Å². The van der Waals surface area contributed by atoms with Gasteiger partial charge in [0.25, 0.3) is 0 Å². The summed E-state index contributed by atoms with van der Waals surface area (Å²) in [4.78, 5) is 11.4. The molecule has 0 bridgehead atoms. The first-order valence-corrected chi connectivity index (χ1v) is 19.1. The van der Waals surface area contributed by atoms with Gasteiger partial charge in [0.1, 0.15) is 5.69 Å². The third kappa shape index (κ3) is 3.57. The lowest BCUT2D eigenvalue weighted by molar-refractivity contribution is 0.660. The van der Waals surface area contributed by atoms with E-state index in [-0.39, 0.29) is 5.41 Å². The van der Waals surface area contributed by atoms with Crippen molar-refractivity contribution >= 4 is 81.7 Å². The molecular formula is C51H32N4. The molecule has 1 aliphatic carbocycles. The molecule has 256 valence electrons. The van der Waals surface area contributed by atoms with Crippen molar-refractivity contribution < 1.29 is 0 Å². The Kier molecular flexibility index (Phi) is 5.42. The number of hydrogen-bond donors (Lipinski definition) is 0. The van der Waals surface area contributed by atoms with Gasteiger partial charge in [-0.2, -0.15) is 0 Å². The lowest BCUT2D eigenvalue weighted by atomic mass is 9.82. The van der Waals surface area contributed by atoms with Crippen LogP contribution in [0.2, 0.25) is 0 Å². The molecule has 4 heteroatoms. The molecule has 0 radical (unpaired) electrons. The number of fused-ring (bicyclic) bond motifs is 11. The average molecular weight is 701 g/mol. The largest absolute Gasteiger partial charge is 0.308 e. The Morgan fingerprint density at radius 1 is 0.455 bits per heavy atom. The first-order chi connectivity index (χ1) is 27.1. The Hall–Kier alpha value is -7.04. The second-order valence-electron chi connectivity index (χ2n) is 15.7. The zero-order chi connectivity index (χ0) is 36.2. The highest BCUT2D eigenvalue weighted by Crippen LogP contribution is 2.53. The van der Waals surface area contributed by atoms with Gasteiger partial charge in [-0.05, 0) is 63.4 Å². The van der Waals surface area contributed by atoms with Gasteiger partial charge >= 0.3 is 0 Å². The minimum Gasteiger partial charge on any atom is -0.308 e. The van der Waals surface area contributed by atoms with Crippen LogP contribution in [0.15, 0.2) is 158 Å². The minimum atomic E-state index is -0.148. The van der Waals surface area contributed by atoms with Crippen molar-refractivity contribution in [3.63, 3.8) is 0 Å². The summed E-state index contributed by atoms with van der Waals surface area (Å²) in [5, 5.41) is 9.75. The molecule has 0 saturated heterocycles. The molecule has 1 aliphatic rings. The van der Waals surface area contributed by atoms with Crippen molar-refractivity contribution in [3.05, 3.63) is 169 Å². The van der Waals surface area contributed by atoms with Crippen molar-refractivity contribution in [2.24, 2.45) is 0 Å². The van der Waals surface area contributed by atoms with Crippen molar-refractivity contribution in [3.8, 4) is 28.2 Å². The predicted molar refractivity (Wildman–Crippen MR) is 229 cm³/mol. The average Bonchev–Trinajstić information content (AvgIpc) is 3.80. The van der Waals surface area contributed by atoms with Crippen LogP contribution in [0, 0.1) is 0 Å². The van der Waals surface area contributed by atoms with Crippen LogP contribution in [0.5, 0.6) is 0 Å². The van der Waals surface area contributed by atoms with Crippen LogP contribution < -0.4 is 0 Å². The molecule has 0 amide bonds. The number of nitrogens with zero attached hydrogens (tertiary/aromatic N) is 4. The van der Waals surface area contributed by atoms with E-state index < -0.39 is 0 Å². The third-order valence-electron chi connectivity index (χ3n) is 12.6. The lowest BCUT2D eigenvalue weighted by Crippen LogP contribution is -2.14. The number of aromatic nitrogens is 4. The summed E-state index contributed by atoms with van der Waals surface area (Å²) in [5.74, 6) is 0.837. The molecule has 0 spiro atoms. The molecule has 0 unspecified atom stereocenters. The summed E-state index contributed by atoms with van der Waals surface area (Å²) in [5.41, 5.74) is 14.7. The second-order valence-corrected chi connectivity index (χ2v) is 15.7. The van der Waals surface area contributed by atoms with E-state index in [1.165, 1.54) is 71.1 Å². The van der Waals surface area contributed by atoms with Crippen LogP contribution in [-0.4, -0.2) is 18.9 Å². The van der Waals surface area contributed by atoms with Crippen molar-refractivity contribution in [1.29, 1.82) is 0 Å². The highest BCUT2D eigenvalue weighted by Gasteiger charge is 2.37. The van der Waals surface area contributed by atoms with Crippen LogP contribution in [0.1, 0.15) is 25.0 Å². The molecule has 4 aromatic heterocycles. The summed E-state index contributed by atoms with van der Waals surface area (Å²) < 4.78 is 4.89. The zero-order valence-electron chi connectivity index (χ0n) is 30.3. The number of hydrogen-bond acceptors (Lipinski definition) is 2. The van der Waals surface area contributed by atoms with Crippen LogP contribution in [0.4, 0.5) is 0 Å². The Labute approximate surface area is 315 Å². The molecule has 0 N–H and O–H groups in total. The van der Waals surface area contributed by atoms with Gasteiger partial charge < -0.3 is 4.40 Å². The summed E-state index contributed by atoms with van der Waals surface area (Å²) in [6.07, 6.45) is 0. The van der Waals surface area contributed by atoms with Gasteiger partial charge in [-0.25, -0.2) is 9.97 Å². The van der Waals surface area contributed by atoms with E-state index in [9.17, 15) is 0 Å². The molecule has 8 aromatic carbocycles. The van der Waals surface area contributed by atoms with E-state index in [2.05, 4.69) is 181 Å². The van der Waals surface area contributed by atoms with Crippen LogP contribution >= 0.6 is 0 Å². The van der Waals surface area contributed by atoms with E-state index in [0.29, 0.717) is 0 Å². The van der Waals surface area contributed by atoms with E-state index in [0.717, 1.165) is 49.9 Å². The van der Waals surface area contributed by atoms with Gasteiger partial charge in [0, 0.05) is 43.3 Å². The Balaban J connectivity index is 1.25. The summed E-state index contributed by atoms with van der Waals surface area (Å²) in [7, 11) is 0. The Morgan fingerprint density at radius 3 is 1.98 bits per heavy atom. The quantitative estimate of drug-likeness (QED) is 0.168. The van der Waals surface area contributed by atoms with Gasteiger partial charge in [0.05, 0.1) is 38.6 Å². The van der Waals surface area contributed by atoms with Crippen molar-refractivity contribution in [2.75, 3.05) is 0 Å². The molecule has 4 nitrogen and oxygen atoms in total. The summed E-state index contributed by atoms with van der Waals surface area (Å²) in [6, 6.07) is 57.6. The molecule has 4 heterocycles. The standard InChI is InChI=1S/C51H32N4/c1-51(2)37-21-7-5-16-35(37)44-36(20-10-22-38(44)51)48-50(52-39-28-27-29-13-3-4-14-30(29)47(39)53-48)55-41-24-11-17-32-34-19-9-18-33-31-15-6-8-23-40(31)54(49(33)34)42-25-12-26-43(55)46(42)45(32)41/h3-28H,1-2H3. The molecule has 0 saturated carbocycles. The van der Waals surface area contributed by atoms with Gasteiger partial charge in [-0.3, -0.25) is 4.57 Å². The lowest BCUT2D eigenvalue weighted by Gasteiger charge is -2.22. The highest BCUT2D eigenvalue weighted by atomic mass is 15.1. The fourth-order valence-corrected chi connectivity index (χ4v) is 10.3. The zero-order valence-corrected chi connectivity index (χ0v) is 30.3. The van der Waals surface area contributed by atoms with Crippen molar-refractivity contribution in [1.82, 2.24) is 18.9 Å². The normalized spacial score (nSPS) is 13.8. The summed E-state index contributed by atoms with van der Waals surface area (Å²) >= 11 is 0. The monoisotopic (exact) mass is 700 g/mol. The molecule has 13 rings (SSSR count). The highest BCUT2D eigenvalue weighted by molar-refractivity contribution is 6.31. The first kappa shape index (κ1) is 29.4. The minimum absolute atomic E-state index is 0.148. The second kappa shape index (κ2) is 10.1. The maximum atomic E-state index is 5.73. The topological polar surface area (TPSA) is 35.1 Å². The molecule has 12 aromatic rings. The van der Waals surface area contributed by atoms with E-state index in [1.54, 1.807) is 0 Å². The SMILES string of the molecule is CC1(C)c2ccccc2-c2c(-c3nc4c(ccc5ccccc54)nc3-n3c4cccc5c6cccc7c8ccccc8n(c8cccc3c8c54)c67)cccc21. The van der Waals surface area contributed by atoms with Gasteiger partial charge in [-0.15, -0.1) is 0 Å². The molecule has 0 atom stereocenters. The van der Waals surface area contributed by atoms with Gasteiger partial charge in [0.15, 0.2) is 5.82 Å². The molecular weight excluding hydrogens is 669 g/mol. The maximum Gasteiger partial charge on any atom is 0.165 e. The Morgan fingerprint density at radius 2 is 1.07 bits per heavy atom. The molecule has 0 fully saturated rings. The summed E-state index contributed by atoms with van der Waals surface area (Å²) in [6.45, 7) is 4.69. The fraction of sp³-hybridized carbons (Fsp3) is 0.0588. The van der Waals surface area contributed by atoms with Crippen LogP contribution in [0.3, 0.4) is 0 Å². The molecule has 55 heavy (non-hydrogen) atoms. The fourth-order valence-electron chi connectivity index (χ4n) is 10.3. The van der Waals surface area contributed by atoms with Crippen LogP contribution in [-0.2, 0) is 5.41 Å². The van der Waals surface area contributed by atoms with E-state index in [1.807, 2.05) is 0 Å². The maximum absolute atomic E-state index is 5.73. The van der Waals surface area contributed by atoms with Gasteiger partial charge in [0.2, 0.25) is 0 Å². The smallest absolute Gasteiger partial charge is 0.165 e. The first-order valence-electron chi connectivity index (χ1n) is 19.1. The van der Waals surface area contributed by atoms with E-state index >= 15 is 0 Å². The predicted octanol–water partition coefficient (Wildman–Crippen LogP) is 13.0. The Bertz CT molecular complexity index is 3640. The third-order valence-corrected chi connectivity index (χ3v) is 12.6. The number of para-hydroxylation sites is 2.